The van der Waals surface area contributed by atoms with Crippen LogP contribution >= 0.6 is 0 Å². The second-order valence-electron chi connectivity index (χ2n) is 13.3. The molecule has 1 aliphatic rings. The van der Waals surface area contributed by atoms with Crippen molar-refractivity contribution in [3.8, 4) is 0 Å². The summed E-state index contributed by atoms with van der Waals surface area (Å²) in [7, 11) is 0. The van der Waals surface area contributed by atoms with Crippen LogP contribution in [-0.2, 0) is 9.59 Å². The van der Waals surface area contributed by atoms with Crippen LogP contribution in [0.2, 0.25) is 0 Å². The maximum absolute atomic E-state index is 10.3. The standard InChI is InChI=1S/C38H68N2O2/c1-3-5-6-7-12-20-27-36(4-2)38(29-22-14-9-11-16-24-31-40-34-42)37(32-35-25-18-17-19-26-35)28-21-13-8-10-15-23-30-39-33-41/h17-18,35-38H,3-16,19-32H2,1-2H3. The second kappa shape index (κ2) is 29.6. The summed E-state index contributed by atoms with van der Waals surface area (Å²) >= 11 is 0. The van der Waals surface area contributed by atoms with E-state index >= 15 is 0 Å². The number of rotatable bonds is 30. The number of unbranched alkanes of at least 4 members (excludes halogenated alkanes) is 15. The average Bonchev–Trinajstić information content (AvgIpc) is 3.01. The van der Waals surface area contributed by atoms with Crippen LogP contribution in [0.1, 0.15) is 181 Å². The molecule has 4 unspecified atom stereocenters. The van der Waals surface area contributed by atoms with Gasteiger partial charge in [0, 0.05) is 0 Å². The van der Waals surface area contributed by atoms with Gasteiger partial charge in [0.25, 0.3) is 0 Å². The highest BCUT2D eigenvalue weighted by atomic mass is 16.1. The van der Waals surface area contributed by atoms with Crippen LogP contribution in [0.4, 0.5) is 0 Å². The number of nitrogens with zero attached hydrogens (tertiary/aromatic N) is 2. The molecule has 0 amide bonds. The van der Waals surface area contributed by atoms with E-state index in [0.29, 0.717) is 13.1 Å². The molecule has 0 aromatic carbocycles. The quantitative estimate of drug-likeness (QED) is 0.0365. The van der Waals surface area contributed by atoms with E-state index in [4.69, 9.17) is 0 Å². The van der Waals surface area contributed by atoms with Crippen molar-refractivity contribution in [1.29, 1.82) is 0 Å². The predicted octanol–water partition coefficient (Wildman–Crippen LogP) is 11.9. The maximum atomic E-state index is 10.3. The first-order valence-corrected chi connectivity index (χ1v) is 18.5. The van der Waals surface area contributed by atoms with Crippen molar-refractivity contribution in [2.75, 3.05) is 13.1 Å². The first-order valence-electron chi connectivity index (χ1n) is 18.5. The molecular weight excluding hydrogens is 516 g/mol. The van der Waals surface area contributed by atoms with Gasteiger partial charge in [-0.05, 0) is 68.6 Å². The molecule has 0 saturated carbocycles. The van der Waals surface area contributed by atoms with Crippen LogP contribution < -0.4 is 0 Å². The van der Waals surface area contributed by atoms with Crippen molar-refractivity contribution in [2.45, 2.75) is 181 Å². The molecule has 1 aliphatic carbocycles. The molecule has 0 aromatic rings. The minimum Gasteiger partial charge on any atom is -0.211 e. The molecule has 0 saturated heterocycles. The molecule has 0 N–H and O–H groups in total. The number of allylic oxidation sites excluding steroid dienone is 2. The van der Waals surface area contributed by atoms with Crippen LogP contribution in [0, 0.1) is 23.7 Å². The Morgan fingerprint density at radius 1 is 0.619 bits per heavy atom. The maximum Gasteiger partial charge on any atom is 0.234 e. The normalized spacial score (nSPS) is 16.9. The molecule has 0 bridgehead atoms. The van der Waals surface area contributed by atoms with Crippen molar-refractivity contribution < 1.29 is 9.59 Å². The van der Waals surface area contributed by atoms with Crippen molar-refractivity contribution in [2.24, 2.45) is 33.7 Å². The van der Waals surface area contributed by atoms with Gasteiger partial charge in [0.05, 0.1) is 13.1 Å². The Kier molecular flexibility index (Phi) is 27.1. The predicted molar refractivity (Wildman–Crippen MR) is 180 cm³/mol. The summed E-state index contributed by atoms with van der Waals surface area (Å²) in [6.07, 6.45) is 42.8. The Balaban J connectivity index is 2.73. The number of carbonyl (C=O) groups excluding carboxylic acids is 2. The van der Waals surface area contributed by atoms with E-state index in [-0.39, 0.29) is 0 Å². The summed E-state index contributed by atoms with van der Waals surface area (Å²) < 4.78 is 0. The van der Waals surface area contributed by atoms with E-state index in [0.717, 1.165) is 36.5 Å². The van der Waals surface area contributed by atoms with Gasteiger partial charge in [-0.25, -0.2) is 19.6 Å². The van der Waals surface area contributed by atoms with E-state index in [2.05, 4.69) is 36.0 Å². The van der Waals surface area contributed by atoms with Gasteiger partial charge in [-0.3, -0.25) is 0 Å². The molecule has 0 aliphatic heterocycles. The summed E-state index contributed by atoms with van der Waals surface area (Å²) in [6, 6.07) is 0. The lowest BCUT2D eigenvalue weighted by atomic mass is 9.69. The topological polar surface area (TPSA) is 58.9 Å². The largest absolute Gasteiger partial charge is 0.234 e. The lowest BCUT2D eigenvalue weighted by Crippen LogP contribution is -2.26. The van der Waals surface area contributed by atoms with Crippen molar-refractivity contribution in [3.05, 3.63) is 12.2 Å². The van der Waals surface area contributed by atoms with Gasteiger partial charge in [0.2, 0.25) is 12.2 Å². The summed E-state index contributed by atoms with van der Waals surface area (Å²) in [5.74, 6) is 3.55. The fourth-order valence-corrected chi connectivity index (χ4v) is 7.44. The van der Waals surface area contributed by atoms with Crippen molar-refractivity contribution >= 4 is 12.2 Å². The van der Waals surface area contributed by atoms with Crippen molar-refractivity contribution in [1.82, 2.24) is 0 Å². The Morgan fingerprint density at radius 2 is 1.12 bits per heavy atom. The summed E-state index contributed by atoms with van der Waals surface area (Å²) in [5, 5.41) is 0. The minimum atomic E-state index is 0.648. The monoisotopic (exact) mass is 585 g/mol. The lowest BCUT2D eigenvalue weighted by Gasteiger charge is -2.36. The van der Waals surface area contributed by atoms with E-state index in [9.17, 15) is 9.59 Å². The van der Waals surface area contributed by atoms with E-state index in [1.807, 2.05) is 0 Å². The summed E-state index contributed by atoms with van der Waals surface area (Å²) in [5.41, 5.74) is 0. The lowest BCUT2D eigenvalue weighted by molar-refractivity contribution is 0.145. The number of hydrogen-bond acceptors (Lipinski definition) is 4. The van der Waals surface area contributed by atoms with Gasteiger partial charge in [0.15, 0.2) is 0 Å². The van der Waals surface area contributed by atoms with Gasteiger partial charge in [0.1, 0.15) is 0 Å². The molecular formula is C38H68N2O2. The molecule has 0 fully saturated rings. The van der Waals surface area contributed by atoms with Crippen molar-refractivity contribution in [3.63, 3.8) is 0 Å². The highest BCUT2D eigenvalue weighted by Gasteiger charge is 2.29. The summed E-state index contributed by atoms with van der Waals surface area (Å²) in [6.45, 7) is 6.09. The van der Waals surface area contributed by atoms with E-state index in [1.54, 1.807) is 12.2 Å². The second-order valence-corrected chi connectivity index (χ2v) is 13.3. The molecule has 4 heteroatoms. The van der Waals surface area contributed by atoms with Gasteiger partial charge >= 0.3 is 0 Å². The molecule has 242 valence electrons. The molecule has 0 spiro atoms. The number of aliphatic imine (C=N–C) groups is 2. The van der Waals surface area contributed by atoms with Crippen LogP contribution in [0.15, 0.2) is 22.1 Å². The highest BCUT2D eigenvalue weighted by Crippen LogP contribution is 2.41. The van der Waals surface area contributed by atoms with Crippen LogP contribution in [-0.4, -0.2) is 25.2 Å². The van der Waals surface area contributed by atoms with Gasteiger partial charge in [-0.1, -0.05) is 148 Å². The summed E-state index contributed by atoms with van der Waals surface area (Å²) in [4.78, 5) is 27.9. The molecule has 42 heavy (non-hydrogen) atoms. The van der Waals surface area contributed by atoms with Crippen LogP contribution in [0.3, 0.4) is 0 Å². The molecule has 1 rings (SSSR count). The Bertz CT molecular complexity index is 723. The van der Waals surface area contributed by atoms with Crippen LogP contribution in [0.5, 0.6) is 0 Å². The van der Waals surface area contributed by atoms with Gasteiger partial charge in [-0.15, -0.1) is 0 Å². The van der Waals surface area contributed by atoms with E-state index in [1.165, 1.54) is 154 Å². The van der Waals surface area contributed by atoms with Gasteiger partial charge in [-0.2, -0.15) is 0 Å². The molecule has 0 aromatic heterocycles. The third kappa shape index (κ3) is 21.2. The van der Waals surface area contributed by atoms with E-state index < -0.39 is 0 Å². The third-order valence-electron chi connectivity index (χ3n) is 9.96. The SMILES string of the molecule is CCCCCCCCC(CC)C(CCCCCCCCN=C=O)C(CCCCCCCCN=C=O)CC1CC=CCC1. The van der Waals surface area contributed by atoms with Crippen LogP contribution in [0.25, 0.3) is 0 Å². The molecule has 0 radical (unpaired) electrons. The fourth-order valence-electron chi connectivity index (χ4n) is 7.44. The average molecular weight is 585 g/mol. The highest BCUT2D eigenvalue weighted by molar-refractivity contribution is 5.32. The number of isocyanates is 2. The zero-order valence-corrected chi connectivity index (χ0v) is 28.0. The smallest absolute Gasteiger partial charge is 0.211 e. The number of hydrogen-bond donors (Lipinski definition) is 0. The zero-order valence-electron chi connectivity index (χ0n) is 28.0. The Morgan fingerprint density at radius 3 is 1.62 bits per heavy atom. The molecule has 0 heterocycles. The minimum absolute atomic E-state index is 0.648. The Hall–Kier alpha value is -1.50. The fraction of sp³-hybridized carbons (Fsp3) is 0.895. The molecule has 4 atom stereocenters. The molecule has 4 nitrogen and oxygen atoms in total. The van der Waals surface area contributed by atoms with Gasteiger partial charge < -0.3 is 0 Å². The Labute approximate surface area is 261 Å². The first-order chi connectivity index (χ1) is 20.8. The third-order valence-corrected chi connectivity index (χ3v) is 9.96. The first kappa shape index (κ1) is 38.5. The zero-order chi connectivity index (χ0) is 30.4.